The molecule has 2 nitrogen and oxygen atoms in total. The predicted octanol–water partition coefficient (Wildman–Crippen LogP) is 4.97. The van der Waals surface area contributed by atoms with E-state index >= 15 is 0 Å². The number of thioether (sulfide) groups is 1. The standard InChI is InChI=1S/C20H18N2S/c1-3-22-16(10-9-15-6-4-5-7-18(15)22)13-20-21-17-11-8-14(2)12-19(17)23-20/h4-13H,3H2,1-2H3/p+1. The van der Waals surface area contributed by atoms with Crippen LogP contribution in [0.3, 0.4) is 0 Å². The summed E-state index contributed by atoms with van der Waals surface area (Å²) >= 11 is 1.81. The topological polar surface area (TPSA) is 15.9 Å². The second kappa shape index (κ2) is 5.74. The molecule has 0 atom stereocenters. The van der Waals surface area contributed by atoms with Crippen molar-refractivity contribution in [2.24, 2.45) is 0 Å². The summed E-state index contributed by atoms with van der Waals surface area (Å²) < 4.78 is 2.36. The maximum Gasteiger partial charge on any atom is 0.212 e. The molecule has 0 saturated carbocycles. The quantitative estimate of drug-likeness (QED) is 0.671. The first-order valence-corrected chi connectivity index (χ1v) is 8.75. The first-order chi connectivity index (χ1) is 11.2. The summed E-state index contributed by atoms with van der Waals surface area (Å²) in [5.41, 5.74) is 5.01. The van der Waals surface area contributed by atoms with Crippen LogP contribution in [-0.4, -0.2) is 0 Å². The Labute approximate surface area is 140 Å². The number of hydrogen-bond acceptors (Lipinski definition) is 2. The van der Waals surface area contributed by atoms with Crippen molar-refractivity contribution >= 4 is 34.4 Å². The monoisotopic (exact) mass is 319 g/mol. The maximum absolute atomic E-state index is 3.52. The van der Waals surface area contributed by atoms with Gasteiger partial charge in [0.25, 0.3) is 0 Å². The van der Waals surface area contributed by atoms with Gasteiger partial charge in [0.1, 0.15) is 6.54 Å². The van der Waals surface area contributed by atoms with Gasteiger partial charge in [-0.25, -0.2) is 0 Å². The molecule has 1 aliphatic rings. The summed E-state index contributed by atoms with van der Waals surface area (Å²) in [6.07, 6.45) is 2.25. The van der Waals surface area contributed by atoms with Gasteiger partial charge in [0.05, 0.1) is 10.7 Å². The van der Waals surface area contributed by atoms with Gasteiger partial charge >= 0.3 is 0 Å². The Kier molecular flexibility index (Phi) is 3.58. The SMILES string of the molecule is CC[n+]1c(/C=C2\Nc3ccc(C)cc3S2)ccc2ccccc21. The first-order valence-electron chi connectivity index (χ1n) is 7.93. The van der Waals surface area contributed by atoms with Crippen LogP contribution in [0.4, 0.5) is 5.69 Å². The van der Waals surface area contributed by atoms with E-state index in [1.165, 1.54) is 37.8 Å². The molecule has 2 aromatic carbocycles. The average Bonchev–Trinajstić information content (AvgIpc) is 2.96. The Hall–Kier alpha value is -2.26. The number of pyridine rings is 1. The van der Waals surface area contributed by atoms with Gasteiger partial charge in [0.15, 0.2) is 0 Å². The van der Waals surface area contributed by atoms with Crippen molar-refractivity contribution in [2.45, 2.75) is 25.3 Å². The molecule has 0 bridgehead atoms. The Morgan fingerprint density at radius 2 is 1.96 bits per heavy atom. The molecule has 114 valence electrons. The van der Waals surface area contributed by atoms with Crippen LogP contribution in [0.15, 0.2) is 64.5 Å². The van der Waals surface area contributed by atoms with Crippen LogP contribution in [0.2, 0.25) is 0 Å². The Balaban J connectivity index is 1.76. The summed E-state index contributed by atoms with van der Waals surface area (Å²) in [5.74, 6) is 0. The molecule has 1 aliphatic heterocycles. The summed E-state index contributed by atoms with van der Waals surface area (Å²) in [7, 11) is 0. The third kappa shape index (κ3) is 2.62. The van der Waals surface area contributed by atoms with E-state index in [2.05, 4.69) is 84.4 Å². The number of rotatable bonds is 2. The third-order valence-electron chi connectivity index (χ3n) is 4.18. The van der Waals surface area contributed by atoms with Gasteiger partial charge in [0.2, 0.25) is 11.2 Å². The lowest BCUT2D eigenvalue weighted by Crippen LogP contribution is -2.36. The highest BCUT2D eigenvalue weighted by Gasteiger charge is 2.18. The molecule has 3 aromatic rings. The molecule has 4 rings (SSSR count). The summed E-state index contributed by atoms with van der Waals surface area (Å²) in [4.78, 5) is 1.31. The van der Waals surface area contributed by atoms with Crippen LogP contribution in [0.1, 0.15) is 18.2 Å². The van der Waals surface area contributed by atoms with Gasteiger partial charge < -0.3 is 5.32 Å². The lowest BCUT2D eigenvalue weighted by atomic mass is 10.2. The number of para-hydroxylation sites is 1. The van der Waals surface area contributed by atoms with E-state index in [0.717, 1.165) is 6.54 Å². The van der Waals surface area contributed by atoms with E-state index in [1.807, 2.05) is 0 Å². The molecular weight excluding hydrogens is 300 g/mol. The van der Waals surface area contributed by atoms with Crippen molar-refractivity contribution in [3.05, 3.63) is 70.9 Å². The predicted molar refractivity (Wildman–Crippen MR) is 98.5 cm³/mol. The lowest BCUT2D eigenvalue weighted by molar-refractivity contribution is -0.669. The molecule has 0 unspecified atom stereocenters. The van der Waals surface area contributed by atoms with E-state index in [-0.39, 0.29) is 0 Å². The van der Waals surface area contributed by atoms with Crippen molar-refractivity contribution in [1.29, 1.82) is 0 Å². The molecule has 0 aliphatic carbocycles. The largest absolute Gasteiger partial charge is 0.349 e. The Morgan fingerprint density at radius 1 is 1.09 bits per heavy atom. The normalized spacial score (nSPS) is 15.0. The molecule has 0 spiro atoms. The summed E-state index contributed by atoms with van der Waals surface area (Å²) in [6.45, 7) is 5.29. The molecule has 3 heteroatoms. The van der Waals surface area contributed by atoms with E-state index in [1.54, 1.807) is 11.8 Å². The number of anilines is 1. The first kappa shape index (κ1) is 14.3. The van der Waals surface area contributed by atoms with Crippen LogP contribution in [-0.2, 0) is 6.54 Å². The van der Waals surface area contributed by atoms with Crippen LogP contribution in [0.25, 0.3) is 17.0 Å². The van der Waals surface area contributed by atoms with Crippen molar-refractivity contribution in [1.82, 2.24) is 0 Å². The number of nitrogens with one attached hydrogen (secondary N) is 1. The molecule has 0 radical (unpaired) electrons. The highest BCUT2D eigenvalue weighted by atomic mass is 32.2. The summed E-state index contributed by atoms with van der Waals surface area (Å²) in [5, 5.41) is 5.98. The third-order valence-corrected chi connectivity index (χ3v) is 5.18. The van der Waals surface area contributed by atoms with E-state index in [9.17, 15) is 0 Å². The second-order valence-corrected chi connectivity index (χ2v) is 6.88. The fourth-order valence-electron chi connectivity index (χ4n) is 3.05. The Bertz CT molecular complexity index is 928. The zero-order valence-electron chi connectivity index (χ0n) is 13.3. The molecule has 0 amide bonds. The summed E-state index contributed by atoms with van der Waals surface area (Å²) in [6, 6.07) is 19.5. The van der Waals surface area contributed by atoms with E-state index in [4.69, 9.17) is 0 Å². The fourth-order valence-corrected chi connectivity index (χ4v) is 4.10. The number of aryl methyl sites for hydroxylation is 2. The van der Waals surface area contributed by atoms with E-state index in [0.29, 0.717) is 0 Å². The van der Waals surface area contributed by atoms with Gasteiger partial charge in [0, 0.05) is 28.5 Å². The van der Waals surface area contributed by atoms with Crippen LogP contribution >= 0.6 is 11.8 Å². The molecule has 0 saturated heterocycles. The van der Waals surface area contributed by atoms with Crippen molar-refractivity contribution in [3.8, 4) is 0 Å². The van der Waals surface area contributed by atoms with Gasteiger partial charge in [-0.05, 0) is 43.7 Å². The minimum Gasteiger partial charge on any atom is -0.349 e. The molecule has 2 heterocycles. The van der Waals surface area contributed by atoms with Gasteiger partial charge in [-0.15, -0.1) is 0 Å². The maximum atomic E-state index is 3.52. The number of fused-ring (bicyclic) bond motifs is 2. The fraction of sp³-hybridized carbons (Fsp3) is 0.150. The van der Waals surface area contributed by atoms with Gasteiger partial charge in [-0.3, -0.25) is 0 Å². The highest BCUT2D eigenvalue weighted by molar-refractivity contribution is 8.03. The zero-order chi connectivity index (χ0) is 15.8. The van der Waals surface area contributed by atoms with Gasteiger partial charge in [-0.2, -0.15) is 4.57 Å². The second-order valence-electron chi connectivity index (χ2n) is 5.80. The van der Waals surface area contributed by atoms with Crippen molar-refractivity contribution in [3.63, 3.8) is 0 Å². The molecule has 0 fully saturated rings. The smallest absolute Gasteiger partial charge is 0.212 e. The van der Waals surface area contributed by atoms with Crippen LogP contribution in [0.5, 0.6) is 0 Å². The average molecular weight is 319 g/mol. The number of benzene rings is 2. The van der Waals surface area contributed by atoms with E-state index < -0.39 is 0 Å². The lowest BCUT2D eigenvalue weighted by Gasteiger charge is -2.04. The van der Waals surface area contributed by atoms with Crippen molar-refractivity contribution < 1.29 is 4.57 Å². The minimum absolute atomic E-state index is 0.956. The highest BCUT2D eigenvalue weighted by Crippen LogP contribution is 2.41. The number of nitrogens with zero attached hydrogens (tertiary/aromatic N) is 1. The van der Waals surface area contributed by atoms with Crippen molar-refractivity contribution in [2.75, 3.05) is 5.32 Å². The van der Waals surface area contributed by atoms with Crippen LogP contribution < -0.4 is 9.88 Å². The number of hydrogen-bond donors (Lipinski definition) is 1. The molecule has 23 heavy (non-hydrogen) atoms. The van der Waals surface area contributed by atoms with Crippen LogP contribution in [0, 0.1) is 6.92 Å². The molecule has 1 aromatic heterocycles. The minimum atomic E-state index is 0.956. The number of aromatic nitrogens is 1. The molecular formula is C20H19N2S+. The zero-order valence-corrected chi connectivity index (χ0v) is 14.2. The van der Waals surface area contributed by atoms with Gasteiger partial charge in [-0.1, -0.05) is 30.0 Å². The molecule has 1 N–H and O–H groups in total. The Morgan fingerprint density at radius 3 is 2.83 bits per heavy atom.